The molecular weight excluding hydrogens is 208 g/mol. The Kier molecular flexibility index (Phi) is 2.82. The zero-order valence-corrected chi connectivity index (χ0v) is 9.02. The number of aromatic nitrogens is 3. The van der Waals surface area contributed by atoms with Crippen molar-refractivity contribution in [3.63, 3.8) is 0 Å². The highest BCUT2D eigenvalue weighted by molar-refractivity contribution is 5.95. The summed E-state index contributed by atoms with van der Waals surface area (Å²) in [5.74, 6) is -0.189. The number of methoxy groups -OCH3 is 1. The molecule has 0 radical (unpaired) electrons. The van der Waals surface area contributed by atoms with Crippen LogP contribution >= 0.6 is 0 Å². The molecule has 0 aliphatic rings. The van der Waals surface area contributed by atoms with Crippen LogP contribution in [0.1, 0.15) is 6.92 Å². The van der Waals surface area contributed by atoms with Crippen LogP contribution in [0.4, 0.5) is 5.69 Å². The molecule has 0 aliphatic heterocycles. The SMILES string of the molecule is CO[C@@H](C)C(=O)Nc1ccc2n[nH]nc2c1. The molecule has 0 saturated heterocycles. The van der Waals surface area contributed by atoms with E-state index in [1.165, 1.54) is 7.11 Å². The number of rotatable bonds is 3. The van der Waals surface area contributed by atoms with E-state index in [0.717, 1.165) is 5.52 Å². The van der Waals surface area contributed by atoms with Crippen LogP contribution in [0.3, 0.4) is 0 Å². The van der Waals surface area contributed by atoms with Crippen LogP contribution in [0, 0.1) is 0 Å². The van der Waals surface area contributed by atoms with Gasteiger partial charge in [-0.25, -0.2) is 0 Å². The second-order valence-electron chi connectivity index (χ2n) is 3.39. The fourth-order valence-electron chi connectivity index (χ4n) is 1.27. The van der Waals surface area contributed by atoms with Crippen molar-refractivity contribution < 1.29 is 9.53 Å². The molecule has 1 heterocycles. The fourth-order valence-corrected chi connectivity index (χ4v) is 1.27. The molecule has 0 fully saturated rings. The third kappa shape index (κ3) is 2.01. The summed E-state index contributed by atoms with van der Waals surface area (Å²) in [5.41, 5.74) is 2.15. The maximum absolute atomic E-state index is 11.5. The zero-order chi connectivity index (χ0) is 11.5. The molecule has 84 valence electrons. The molecule has 1 aromatic carbocycles. The number of hydrogen-bond donors (Lipinski definition) is 2. The molecule has 0 saturated carbocycles. The Bertz CT molecular complexity index is 508. The van der Waals surface area contributed by atoms with E-state index in [2.05, 4.69) is 20.7 Å². The molecule has 0 spiro atoms. The normalized spacial score (nSPS) is 12.6. The average Bonchev–Trinajstić information content (AvgIpc) is 2.75. The first-order chi connectivity index (χ1) is 7.70. The van der Waals surface area contributed by atoms with Crippen LogP contribution < -0.4 is 5.32 Å². The van der Waals surface area contributed by atoms with Crippen LogP contribution in [0.25, 0.3) is 11.0 Å². The van der Waals surface area contributed by atoms with Gasteiger partial charge in [0, 0.05) is 12.8 Å². The topological polar surface area (TPSA) is 79.9 Å². The molecule has 1 aromatic heterocycles. The van der Waals surface area contributed by atoms with Gasteiger partial charge in [-0.15, -0.1) is 0 Å². The monoisotopic (exact) mass is 220 g/mol. The largest absolute Gasteiger partial charge is 0.372 e. The van der Waals surface area contributed by atoms with Gasteiger partial charge >= 0.3 is 0 Å². The molecule has 2 N–H and O–H groups in total. The number of nitrogens with zero attached hydrogens (tertiary/aromatic N) is 2. The van der Waals surface area contributed by atoms with Crippen LogP contribution in [0.15, 0.2) is 18.2 Å². The average molecular weight is 220 g/mol. The molecular formula is C10H12N4O2. The molecule has 2 rings (SSSR count). The van der Waals surface area contributed by atoms with Gasteiger partial charge in [0.25, 0.3) is 5.91 Å². The van der Waals surface area contributed by atoms with Gasteiger partial charge in [-0.3, -0.25) is 4.79 Å². The number of nitrogens with one attached hydrogen (secondary N) is 2. The Morgan fingerprint density at radius 3 is 2.94 bits per heavy atom. The Morgan fingerprint density at radius 2 is 2.19 bits per heavy atom. The number of H-pyrrole nitrogens is 1. The number of carbonyl (C=O) groups is 1. The van der Waals surface area contributed by atoms with Crippen LogP contribution in [-0.4, -0.2) is 34.5 Å². The van der Waals surface area contributed by atoms with E-state index in [1.807, 2.05) is 0 Å². The van der Waals surface area contributed by atoms with Crippen LogP contribution in [0.5, 0.6) is 0 Å². The molecule has 0 bridgehead atoms. The lowest BCUT2D eigenvalue weighted by atomic mass is 10.2. The smallest absolute Gasteiger partial charge is 0.253 e. The quantitative estimate of drug-likeness (QED) is 0.806. The van der Waals surface area contributed by atoms with Crippen molar-refractivity contribution >= 4 is 22.6 Å². The number of fused-ring (bicyclic) bond motifs is 1. The first-order valence-corrected chi connectivity index (χ1v) is 4.85. The fraction of sp³-hybridized carbons (Fsp3) is 0.300. The van der Waals surface area contributed by atoms with Crippen LogP contribution in [-0.2, 0) is 9.53 Å². The minimum absolute atomic E-state index is 0.189. The number of ether oxygens (including phenoxy) is 1. The third-order valence-electron chi connectivity index (χ3n) is 2.31. The van der Waals surface area contributed by atoms with Gasteiger partial charge in [0.15, 0.2) is 0 Å². The Labute approximate surface area is 92.0 Å². The van der Waals surface area contributed by atoms with E-state index < -0.39 is 6.10 Å². The molecule has 1 atom stereocenters. The molecule has 16 heavy (non-hydrogen) atoms. The number of aromatic amines is 1. The predicted octanol–water partition coefficient (Wildman–Crippen LogP) is 0.931. The van der Waals surface area contributed by atoms with Crippen molar-refractivity contribution in [2.75, 3.05) is 12.4 Å². The zero-order valence-electron chi connectivity index (χ0n) is 9.02. The molecule has 0 aliphatic carbocycles. The lowest BCUT2D eigenvalue weighted by Crippen LogP contribution is -2.26. The molecule has 2 aromatic rings. The van der Waals surface area contributed by atoms with E-state index in [-0.39, 0.29) is 5.91 Å². The highest BCUT2D eigenvalue weighted by Crippen LogP contribution is 2.15. The molecule has 6 nitrogen and oxygen atoms in total. The lowest BCUT2D eigenvalue weighted by Gasteiger charge is -2.09. The van der Waals surface area contributed by atoms with E-state index in [9.17, 15) is 4.79 Å². The van der Waals surface area contributed by atoms with Crippen molar-refractivity contribution in [2.45, 2.75) is 13.0 Å². The minimum Gasteiger partial charge on any atom is -0.372 e. The van der Waals surface area contributed by atoms with Crippen molar-refractivity contribution in [3.8, 4) is 0 Å². The van der Waals surface area contributed by atoms with E-state index in [0.29, 0.717) is 11.2 Å². The van der Waals surface area contributed by atoms with Gasteiger partial charge in [-0.2, -0.15) is 15.4 Å². The minimum atomic E-state index is -0.479. The summed E-state index contributed by atoms with van der Waals surface area (Å²) in [6.07, 6.45) is -0.479. The van der Waals surface area contributed by atoms with E-state index in [4.69, 9.17) is 4.74 Å². The van der Waals surface area contributed by atoms with Crippen molar-refractivity contribution in [1.29, 1.82) is 0 Å². The second kappa shape index (κ2) is 4.28. The third-order valence-corrected chi connectivity index (χ3v) is 2.31. The number of anilines is 1. The number of amides is 1. The maximum atomic E-state index is 11.5. The van der Waals surface area contributed by atoms with Crippen molar-refractivity contribution in [2.24, 2.45) is 0 Å². The Hall–Kier alpha value is -1.95. The number of hydrogen-bond acceptors (Lipinski definition) is 4. The van der Waals surface area contributed by atoms with Crippen LogP contribution in [0.2, 0.25) is 0 Å². The number of carbonyl (C=O) groups excluding carboxylic acids is 1. The summed E-state index contributed by atoms with van der Waals surface area (Å²) in [6.45, 7) is 1.68. The van der Waals surface area contributed by atoms with Crippen molar-refractivity contribution in [1.82, 2.24) is 15.4 Å². The molecule has 6 heteroatoms. The van der Waals surface area contributed by atoms with Gasteiger partial charge < -0.3 is 10.1 Å². The van der Waals surface area contributed by atoms with Gasteiger partial charge in [-0.1, -0.05) is 0 Å². The first-order valence-electron chi connectivity index (χ1n) is 4.85. The molecule has 0 unspecified atom stereocenters. The summed E-state index contributed by atoms with van der Waals surface area (Å²) in [6, 6.07) is 5.30. The Morgan fingerprint density at radius 1 is 1.44 bits per heavy atom. The van der Waals surface area contributed by atoms with Gasteiger partial charge in [0.1, 0.15) is 17.1 Å². The second-order valence-corrected chi connectivity index (χ2v) is 3.39. The number of benzene rings is 1. The highest BCUT2D eigenvalue weighted by atomic mass is 16.5. The summed E-state index contributed by atoms with van der Waals surface area (Å²) in [7, 11) is 1.49. The maximum Gasteiger partial charge on any atom is 0.253 e. The Balaban J connectivity index is 2.17. The summed E-state index contributed by atoms with van der Waals surface area (Å²) < 4.78 is 4.91. The summed E-state index contributed by atoms with van der Waals surface area (Å²) >= 11 is 0. The highest BCUT2D eigenvalue weighted by Gasteiger charge is 2.11. The summed E-state index contributed by atoms with van der Waals surface area (Å²) in [5, 5.41) is 13.1. The van der Waals surface area contributed by atoms with Crippen molar-refractivity contribution in [3.05, 3.63) is 18.2 Å². The van der Waals surface area contributed by atoms with E-state index in [1.54, 1.807) is 25.1 Å². The lowest BCUT2D eigenvalue weighted by molar-refractivity contribution is -0.124. The van der Waals surface area contributed by atoms with Gasteiger partial charge in [0.2, 0.25) is 0 Å². The van der Waals surface area contributed by atoms with E-state index >= 15 is 0 Å². The first kappa shape index (κ1) is 10.6. The van der Waals surface area contributed by atoms with Gasteiger partial charge in [-0.05, 0) is 25.1 Å². The van der Waals surface area contributed by atoms with Gasteiger partial charge in [0.05, 0.1) is 0 Å². The standard InChI is InChI=1S/C10H12N4O2/c1-6(16-2)10(15)11-7-3-4-8-9(5-7)13-14-12-8/h3-6H,1-2H3,(H,11,15)(H,12,13,14)/t6-/m0/s1. The predicted molar refractivity (Wildman–Crippen MR) is 59.0 cm³/mol. The molecule has 1 amide bonds. The summed E-state index contributed by atoms with van der Waals surface area (Å²) in [4.78, 5) is 11.5.